The highest BCUT2D eigenvalue weighted by atomic mass is 16.7. The number of hydrogen-bond acceptors (Lipinski definition) is 5. The van der Waals surface area contributed by atoms with E-state index >= 15 is 0 Å². The molecule has 2 aliphatic carbocycles. The van der Waals surface area contributed by atoms with Crippen LogP contribution in [0.15, 0.2) is 12.1 Å². The van der Waals surface area contributed by atoms with Gasteiger partial charge in [0, 0.05) is 24.2 Å². The Morgan fingerprint density at radius 2 is 1.95 bits per heavy atom. The zero-order valence-corrected chi connectivity index (χ0v) is 12.0. The Bertz CT molecular complexity index is 529. The topological polar surface area (TPSA) is 60.0 Å². The molecule has 2 unspecified atom stereocenters. The first-order chi connectivity index (χ1) is 10.3. The van der Waals surface area contributed by atoms with E-state index in [1.54, 1.807) is 0 Å². The smallest absolute Gasteiger partial charge is 0.231 e. The maximum atomic E-state index is 9.97. The average molecular weight is 291 g/mol. The largest absolute Gasteiger partial charge is 0.487 e. The fourth-order valence-electron chi connectivity index (χ4n) is 2.96. The maximum absolute atomic E-state index is 9.97. The highest BCUT2D eigenvalue weighted by molar-refractivity contribution is 5.52. The second-order valence-electron chi connectivity index (χ2n) is 6.12. The number of hydrogen-bond donors (Lipinski definition) is 2. The molecule has 3 aliphatic rings. The fraction of sp³-hybridized carbons (Fsp3) is 0.625. The summed E-state index contributed by atoms with van der Waals surface area (Å²) in [7, 11) is 0. The van der Waals surface area contributed by atoms with Crippen molar-refractivity contribution in [3.8, 4) is 17.2 Å². The second-order valence-corrected chi connectivity index (χ2v) is 6.12. The van der Waals surface area contributed by atoms with Gasteiger partial charge in [0.15, 0.2) is 11.5 Å². The molecule has 4 rings (SSSR count). The van der Waals surface area contributed by atoms with E-state index in [-0.39, 0.29) is 19.0 Å². The number of nitrogens with one attached hydrogen (secondary N) is 1. The van der Waals surface area contributed by atoms with Crippen LogP contribution in [0.4, 0.5) is 0 Å². The molecular weight excluding hydrogens is 270 g/mol. The van der Waals surface area contributed by atoms with Gasteiger partial charge >= 0.3 is 0 Å². The van der Waals surface area contributed by atoms with Gasteiger partial charge in [-0.2, -0.15) is 0 Å². The zero-order chi connectivity index (χ0) is 14.2. The number of rotatable bonds is 5. The summed E-state index contributed by atoms with van der Waals surface area (Å²) in [6.45, 7) is 1.03. The minimum Gasteiger partial charge on any atom is -0.487 e. The molecule has 2 fully saturated rings. The second kappa shape index (κ2) is 5.39. The molecule has 2 N–H and O–H groups in total. The van der Waals surface area contributed by atoms with E-state index in [0.717, 1.165) is 48.6 Å². The van der Waals surface area contributed by atoms with Crippen molar-refractivity contribution < 1.29 is 19.3 Å². The first-order valence-electron chi connectivity index (χ1n) is 7.80. The summed E-state index contributed by atoms with van der Waals surface area (Å²) in [6.07, 6.45) is 4.79. The van der Waals surface area contributed by atoms with Crippen molar-refractivity contribution in [2.75, 3.05) is 6.79 Å². The van der Waals surface area contributed by atoms with Gasteiger partial charge in [-0.3, -0.25) is 0 Å². The highest BCUT2D eigenvalue weighted by Crippen LogP contribution is 2.39. The lowest BCUT2D eigenvalue weighted by atomic mass is 10.1. The fourth-order valence-corrected chi connectivity index (χ4v) is 2.96. The molecule has 0 bridgehead atoms. The normalized spacial score (nSPS) is 27.1. The molecule has 2 saturated carbocycles. The predicted molar refractivity (Wildman–Crippen MR) is 76.7 cm³/mol. The Hall–Kier alpha value is -1.46. The third-order valence-electron chi connectivity index (χ3n) is 4.41. The number of aliphatic hydroxyl groups is 1. The Morgan fingerprint density at radius 3 is 2.67 bits per heavy atom. The molecule has 1 aromatic rings. The molecule has 5 heteroatoms. The van der Waals surface area contributed by atoms with Crippen LogP contribution in [-0.4, -0.2) is 30.1 Å². The standard InChI is InChI=1S/C16H21NO4/c18-12-2-1-3-13(12)21-14-7-16-15(19-9-20-16)6-10(14)8-17-11-4-5-11/h6-7,11-13,17-18H,1-5,8-9H2. The lowest BCUT2D eigenvalue weighted by Gasteiger charge is -2.20. The monoisotopic (exact) mass is 291 g/mol. The molecule has 0 radical (unpaired) electrons. The lowest BCUT2D eigenvalue weighted by molar-refractivity contribution is 0.0596. The molecule has 1 heterocycles. The van der Waals surface area contributed by atoms with Crippen molar-refractivity contribution in [2.45, 2.75) is 56.9 Å². The van der Waals surface area contributed by atoms with Gasteiger partial charge in [-0.15, -0.1) is 0 Å². The summed E-state index contributed by atoms with van der Waals surface area (Å²) in [4.78, 5) is 0. The van der Waals surface area contributed by atoms with Gasteiger partial charge in [-0.05, 0) is 38.2 Å². The first kappa shape index (κ1) is 13.2. The molecule has 0 amide bonds. The van der Waals surface area contributed by atoms with Crippen LogP contribution in [-0.2, 0) is 6.54 Å². The van der Waals surface area contributed by atoms with E-state index in [9.17, 15) is 5.11 Å². The molecule has 21 heavy (non-hydrogen) atoms. The van der Waals surface area contributed by atoms with Crippen LogP contribution < -0.4 is 19.5 Å². The average Bonchev–Trinajstić information content (AvgIpc) is 3.06. The Kier molecular flexibility index (Phi) is 3.39. The molecule has 1 aliphatic heterocycles. The summed E-state index contributed by atoms with van der Waals surface area (Å²) < 4.78 is 17.0. The Balaban J connectivity index is 1.56. The number of benzene rings is 1. The number of fused-ring (bicyclic) bond motifs is 1. The highest BCUT2D eigenvalue weighted by Gasteiger charge is 2.29. The van der Waals surface area contributed by atoms with Crippen LogP contribution in [0.25, 0.3) is 0 Å². The molecule has 0 aromatic heterocycles. The van der Waals surface area contributed by atoms with Crippen LogP contribution >= 0.6 is 0 Å². The molecule has 1 aromatic carbocycles. The van der Waals surface area contributed by atoms with E-state index < -0.39 is 0 Å². The van der Waals surface area contributed by atoms with Gasteiger partial charge in [0.25, 0.3) is 0 Å². The van der Waals surface area contributed by atoms with Crippen LogP contribution in [0, 0.1) is 0 Å². The molecule has 0 spiro atoms. The molecule has 114 valence electrons. The van der Waals surface area contributed by atoms with Crippen molar-refractivity contribution in [1.82, 2.24) is 5.32 Å². The molecule has 5 nitrogen and oxygen atoms in total. The Morgan fingerprint density at radius 1 is 1.14 bits per heavy atom. The SMILES string of the molecule is OC1CCCC1Oc1cc2c(cc1CNC1CC1)OCO2. The minimum absolute atomic E-state index is 0.106. The summed E-state index contributed by atoms with van der Waals surface area (Å²) in [5, 5.41) is 13.5. The molecule has 0 saturated heterocycles. The molecular formula is C16H21NO4. The maximum Gasteiger partial charge on any atom is 0.231 e. The van der Waals surface area contributed by atoms with E-state index in [2.05, 4.69) is 5.32 Å². The van der Waals surface area contributed by atoms with E-state index in [0.29, 0.717) is 6.04 Å². The van der Waals surface area contributed by atoms with Gasteiger partial charge in [-0.25, -0.2) is 0 Å². The minimum atomic E-state index is -0.361. The van der Waals surface area contributed by atoms with E-state index in [4.69, 9.17) is 14.2 Å². The van der Waals surface area contributed by atoms with Crippen LogP contribution in [0.5, 0.6) is 17.2 Å². The van der Waals surface area contributed by atoms with Gasteiger partial charge in [0.05, 0.1) is 6.10 Å². The summed E-state index contributed by atoms with van der Waals surface area (Å²) in [6, 6.07) is 4.53. The lowest BCUT2D eigenvalue weighted by Crippen LogP contribution is -2.26. The first-order valence-corrected chi connectivity index (χ1v) is 7.80. The van der Waals surface area contributed by atoms with Crippen molar-refractivity contribution in [3.63, 3.8) is 0 Å². The predicted octanol–water partition coefficient (Wildman–Crippen LogP) is 1.96. The Labute approximate surface area is 124 Å². The third kappa shape index (κ3) is 2.80. The molecule has 2 atom stereocenters. The van der Waals surface area contributed by atoms with Crippen LogP contribution in [0.1, 0.15) is 37.7 Å². The van der Waals surface area contributed by atoms with Crippen molar-refractivity contribution in [2.24, 2.45) is 0 Å². The van der Waals surface area contributed by atoms with Crippen LogP contribution in [0.2, 0.25) is 0 Å². The van der Waals surface area contributed by atoms with E-state index in [1.165, 1.54) is 12.8 Å². The van der Waals surface area contributed by atoms with Gasteiger partial charge in [0.2, 0.25) is 6.79 Å². The van der Waals surface area contributed by atoms with Crippen molar-refractivity contribution >= 4 is 0 Å². The zero-order valence-electron chi connectivity index (χ0n) is 12.0. The van der Waals surface area contributed by atoms with Gasteiger partial charge in [0.1, 0.15) is 11.9 Å². The number of ether oxygens (including phenoxy) is 3. The van der Waals surface area contributed by atoms with Crippen molar-refractivity contribution in [1.29, 1.82) is 0 Å². The summed E-state index contributed by atoms with van der Waals surface area (Å²) >= 11 is 0. The van der Waals surface area contributed by atoms with E-state index in [1.807, 2.05) is 12.1 Å². The van der Waals surface area contributed by atoms with Crippen LogP contribution in [0.3, 0.4) is 0 Å². The summed E-state index contributed by atoms with van der Waals surface area (Å²) in [5.41, 5.74) is 1.07. The number of aliphatic hydroxyl groups excluding tert-OH is 1. The third-order valence-corrected chi connectivity index (χ3v) is 4.41. The van der Waals surface area contributed by atoms with Gasteiger partial charge < -0.3 is 24.6 Å². The summed E-state index contributed by atoms with van der Waals surface area (Å²) in [5.74, 6) is 2.31. The quantitative estimate of drug-likeness (QED) is 0.868. The van der Waals surface area contributed by atoms with Crippen molar-refractivity contribution in [3.05, 3.63) is 17.7 Å². The van der Waals surface area contributed by atoms with Gasteiger partial charge in [-0.1, -0.05) is 0 Å².